The normalized spacial score (nSPS) is 11.2. The van der Waals surface area contributed by atoms with Crippen LogP contribution in [0.3, 0.4) is 0 Å². The van der Waals surface area contributed by atoms with Gasteiger partial charge in [-0.15, -0.1) is 11.3 Å². The summed E-state index contributed by atoms with van der Waals surface area (Å²) in [4.78, 5) is 11.1. The molecule has 0 saturated carbocycles. The molecule has 0 fully saturated rings. The van der Waals surface area contributed by atoms with Crippen LogP contribution in [0.25, 0.3) is 20.4 Å². The number of rotatable bonds is 3. The van der Waals surface area contributed by atoms with E-state index in [1.54, 1.807) is 0 Å². The van der Waals surface area contributed by atoms with Crippen LogP contribution in [0.4, 0.5) is 0 Å². The quantitative estimate of drug-likeness (QED) is 0.781. The fraction of sp³-hybridized carbons (Fsp3) is 0.154. The van der Waals surface area contributed by atoms with Crippen LogP contribution in [-0.2, 0) is 0 Å². The van der Waals surface area contributed by atoms with Crippen LogP contribution in [0.15, 0.2) is 28.7 Å². The third-order valence-corrected chi connectivity index (χ3v) is 3.80. The van der Waals surface area contributed by atoms with Gasteiger partial charge < -0.3 is 14.3 Å². The molecule has 0 atom stereocenters. The van der Waals surface area contributed by atoms with Crippen molar-refractivity contribution in [2.24, 2.45) is 0 Å². The molecule has 0 spiro atoms. The van der Waals surface area contributed by atoms with E-state index in [9.17, 15) is 4.79 Å². The van der Waals surface area contributed by atoms with Gasteiger partial charge in [0.2, 0.25) is 0 Å². The number of thiophene rings is 1. The molecule has 2 aromatic heterocycles. The molecule has 1 N–H and O–H groups in total. The first kappa shape index (κ1) is 11.1. The summed E-state index contributed by atoms with van der Waals surface area (Å²) in [5.74, 6) is -0.893. The third-order valence-electron chi connectivity index (χ3n) is 2.65. The minimum atomic E-state index is -1.11. The lowest BCUT2D eigenvalue weighted by molar-refractivity contribution is 0.0659. The number of carbonyl (C=O) groups is 1. The van der Waals surface area contributed by atoms with Crippen molar-refractivity contribution < 1.29 is 19.1 Å². The first-order chi connectivity index (χ1) is 8.72. The first-order valence-corrected chi connectivity index (χ1v) is 6.34. The van der Waals surface area contributed by atoms with E-state index >= 15 is 0 Å². The van der Waals surface area contributed by atoms with E-state index in [1.807, 2.05) is 31.2 Å². The topological polar surface area (TPSA) is 59.7 Å². The molecule has 0 aliphatic carbocycles. The summed E-state index contributed by atoms with van der Waals surface area (Å²) >= 11 is 1.48. The highest BCUT2D eigenvalue weighted by atomic mass is 32.1. The van der Waals surface area contributed by atoms with Gasteiger partial charge in [0.25, 0.3) is 5.76 Å². The van der Waals surface area contributed by atoms with Crippen LogP contribution in [0.1, 0.15) is 17.5 Å². The van der Waals surface area contributed by atoms with E-state index < -0.39 is 5.97 Å². The Labute approximate surface area is 106 Å². The average molecular weight is 262 g/mol. The van der Waals surface area contributed by atoms with Crippen molar-refractivity contribution in [2.45, 2.75) is 6.92 Å². The molecule has 18 heavy (non-hydrogen) atoms. The minimum absolute atomic E-state index is 0.121. The monoisotopic (exact) mass is 262 g/mol. The van der Waals surface area contributed by atoms with Gasteiger partial charge in [-0.25, -0.2) is 4.79 Å². The number of fused-ring (bicyclic) bond motifs is 3. The summed E-state index contributed by atoms with van der Waals surface area (Å²) in [7, 11) is 0. The van der Waals surface area contributed by atoms with E-state index in [1.165, 1.54) is 11.3 Å². The second-order valence-electron chi connectivity index (χ2n) is 3.75. The van der Waals surface area contributed by atoms with E-state index in [0.29, 0.717) is 17.9 Å². The maximum Gasteiger partial charge on any atom is 0.375 e. The predicted octanol–water partition coefficient (Wildman–Crippen LogP) is 3.74. The molecular formula is C13H10O4S. The molecule has 4 nitrogen and oxygen atoms in total. The fourth-order valence-electron chi connectivity index (χ4n) is 1.94. The van der Waals surface area contributed by atoms with Gasteiger partial charge in [0, 0.05) is 10.1 Å². The van der Waals surface area contributed by atoms with E-state index in [-0.39, 0.29) is 5.76 Å². The average Bonchev–Trinajstić information content (AvgIpc) is 2.87. The summed E-state index contributed by atoms with van der Waals surface area (Å²) < 4.78 is 12.7. The summed E-state index contributed by atoms with van der Waals surface area (Å²) in [6.07, 6.45) is 0. The van der Waals surface area contributed by atoms with E-state index in [2.05, 4.69) is 0 Å². The van der Waals surface area contributed by atoms with Gasteiger partial charge in [-0.05, 0) is 19.1 Å². The largest absolute Gasteiger partial charge is 0.488 e. The zero-order valence-corrected chi connectivity index (χ0v) is 10.4. The molecule has 3 aromatic rings. The lowest BCUT2D eigenvalue weighted by Crippen LogP contribution is -1.99. The molecule has 92 valence electrons. The van der Waals surface area contributed by atoms with E-state index in [4.69, 9.17) is 14.3 Å². The smallest absolute Gasteiger partial charge is 0.375 e. The number of hydrogen-bond acceptors (Lipinski definition) is 4. The van der Waals surface area contributed by atoms with Gasteiger partial charge in [0.05, 0.1) is 6.61 Å². The summed E-state index contributed by atoms with van der Waals surface area (Å²) in [5, 5.41) is 10.0. The van der Waals surface area contributed by atoms with Crippen LogP contribution in [-0.4, -0.2) is 17.7 Å². The second kappa shape index (κ2) is 4.03. The van der Waals surface area contributed by atoms with Gasteiger partial charge in [-0.2, -0.15) is 0 Å². The number of hydrogen-bond donors (Lipinski definition) is 1. The Balaban J connectivity index is 2.38. The maximum absolute atomic E-state index is 11.1. The lowest BCUT2D eigenvalue weighted by Gasteiger charge is -1.99. The Morgan fingerprint density at radius 3 is 2.94 bits per heavy atom. The Morgan fingerprint density at radius 2 is 2.22 bits per heavy atom. The highest BCUT2D eigenvalue weighted by Crippen LogP contribution is 2.43. The van der Waals surface area contributed by atoms with Crippen LogP contribution in [0.2, 0.25) is 0 Å². The van der Waals surface area contributed by atoms with Gasteiger partial charge in [-0.3, -0.25) is 0 Å². The number of aromatic carboxylic acids is 1. The molecule has 0 saturated heterocycles. The molecular weight excluding hydrogens is 252 g/mol. The summed E-state index contributed by atoms with van der Waals surface area (Å²) in [5.41, 5.74) is 0.594. The highest BCUT2D eigenvalue weighted by Gasteiger charge is 2.24. The molecule has 0 bridgehead atoms. The van der Waals surface area contributed by atoms with Gasteiger partial charge in [0.15, 0.2) is 11.3 Å². The lowest BCUT2D eigenvalue weighted by atomic mass is 10.2. The molecule has 0 amide bonds. The number of furan rings is 1. The molecule has 1 aromatic carbocycles. The molecule has 3 rings (SSSR count). The molecule has 5 heteroatoms. The Bertz CT molecular complexity index is 738. The van der Waals surface area contributed by atoms with Crippen molar-refractivity contribution in [3.8, 4) is 5.75 Å². The predicted molar refractivity (Wildman–Crippen MR) is 69.7 cm³/mol. The van der Waals surface area contributed by atoms with Crippen molar-refractivity contribution in [1.29, 1.82) is 0 Å². The first-order valence-electron chi connectivity index (χ1n) is 5.52. The Morgan fingerprint density at radius 1 is 1.44 bits per heavy atom. The SMILES string of the molecule is CCOc1c(C(=O)O)oc2c1sc1ccccc12. The molecule has 0 aliphatic rings. The second-order valence-corrected chi connectivity index (χ2v) is 4.81. The zero-order chi connectivity index (χ0) is 12.7. The number of ether oxygens (including phenoxy) is 1. The minimum Gasteiger partial charge on any atom is -0.488 e. The summed E-state index contributed by atoms with van der Waals surface area (Å²) in [6, 6.07) is 7.73. The van der Waals surface area contributed by atoms with Gasteiger partial charge >= 0.3 is 5.97 Å². The van der Waals surface area contributed by atoms with Gasteiger partial charge in [0.1, 0.15) is 4.70 Å². The Hall–Kier alpha value is -2.01. The zero-order valence-electron chi connectivity index (χ0n) is 9.60. The van der Waals surface area contributed by atoms with Crippen molar-refractivity contribution >= 4 is 37.7 Å². The molecule has 2 heterocycles. The van der Waals surface area contributed by atoms with Crippen LogP contribution in [0.5, 0.6) is 5.75 Å². The van der Waals surface area contributed by atoms with Crippen molar-refractivity contribution in [3.05, 3.63) is 30.0 Å². The number of benzene rings is 1. The van der Waals surface area contributed by atoms with Crippen LogP contribution in [0, 0.1) is 0 Å². The molecule has 0 unspecified atom stereocenters. The number of carboxylic acid groups (broad SMARTS) is 1. The Kier molecular flexibility index (Phi) is 2.48. The highest BCUT2D eigenvalue weighted by molar-refractivity contribution is 7.26. The van der Waals surface area contributed by atoms with Crippen molar-refractivity contribution in [2.75, 3.05) is 6.61 Å². The summed E-state index contributed by atoms with van der Waals surface area (Å²) in [6.45, 7) is 2.22. The van der Waals surface area contributed by atoms with Crippen molar-refractivity contribution in [3.63, 3.8) is 0 Å². The maximum atomic E-state index is 11.1. The third kappa shape index (κ3) is 1.48. The fourth-order valence-corrected chi connectivity index (χ4v) is 3.07. The molecule has 0 aliphatic heterocycles. The number of carboxylic acids is 1. The van der Waals surface area contributed by atoms with E-state index in [0.717, 1.165) is 14.8 Å². The van der Waals surface area contributed by atoms with Crippen LogP contribution >= 0.6 is 11.3 Å². The van der Waals surface area contributed by atoms with Crippen molar-refractivity contribution in [1.82, 2.24) is 0 Å². The molecule has 0 radical (unpaired) electrons. The van der Waals surface area contributed by atoms with Gasteiger partial charge in [-0.1, -0.05) is 12.1 Å². The standard InChI is InChI=1S/C13H10O4S/c1-2-16-10-11(13(14)15)17-9-7-5-3-4-6-8(7)18-12(9)10/h3-6H,2H2,1H3,(H,14,15). The van der Waals surface area contributed by atoms with Crippen LogP contribution < -0.4 is 4.74 Å².